The molecule has 0 aliphatic carbocycles. The summed E-state index contributed by atoms with van der Waals surface area (Å²) in [5.41, 5.74) is 5.00. The highest BCUT2D eigenvalue weighted by atomic mass is 19.1. The Morgan fingerprint density at radius 3 is 2.20 bits per heavy atom. The van der Waals surface area contributed by atoms with E-state index in [-0.39, 0.29) is 11.5 Å². The molecule has 0 atom stereocenters. The zero-order valence-corrected chi connectivity index (χ0v) is 16.7. The molecular formula is C26H24F2N2. The van der Waals surface area contributed by atoms with Gasteiger partial charge in [-0.25, -0.2) is 8.78 Å². The summed E-state index contributed by atoms with van der Waals surface area (Å²) >= 11 is 0. The van der Waals surface area contributed by atoms with Gasteiger partial charge in [-0.05, 0) is 61.2 Å². The van der Waals surface area contributed by atoms with Crippen molar-refractivity contribution in [1.29, 1.82) is 0 Å². The van der Waals surface area contributed by atoms with Gasteiger partial charge in [0.1, 0.15) is 11.6 Å². The average molecular weight is 402 g/mol. The fourth-order valence-electron chi connectivity index (χ4n) is 4.72. The van der Waals surface area contributed by atoms with Gasteiger partial charge in [0, 0.05) is 23.0 Å². The van der Waals surface area contributed by atoms with Crippen LogP contribution in [0.3, 0.4) is 0 Å². The van der Waals surface area contributed by atoms with Gasteiger partial charge in [0.05, 0.1) is 5.69 Å². The Balaban J connectivity index is 1.40. The van der Waals surface area contributed by atoms with Crippen LogP contribution >= 0.6 is 0 Å². The van der Waals surface area contributed by atoms with Crippen LogP contribution in [-0.2, 0) is 6.54 Å². The number of nitrogens with one attached hydrogen (secondary N) is 1. The Kier molecular flexibility index (Phi) is 5.09. The third-order valence-electron chi connectivity index (χ3n) is 6.25. The van der Waals surface area contributed by atoms with Gasteiger partial charge in [0.25, 0.3) is 0 Å². The van der Waals surface area contributed by atoms with Crippen LogP contribution in [-0.4, -0.2) is 23.0 Å². The maximum Gasteiger partial charge on any atom is 0.129 e. The molecule has 2 nitrogen and oxygen atoms in total. The highest BCUT2D eigenvalue weighted by Gasteiger charge is 2.26. The van der Waals surface area contributed by atoms with Gasteiger partial charge in [0.2, 0.25) is 0 Å². The summed E-state index contributed by atoms with van der Waals surface area (Å²) in [6, 6.07) is 22.9. The monoisotopic (exact) mass is 402 g/mol. The normalized spacial score (nSPS) is 15.7. The number of rotatable bonds is 4. The first-order valence-corrected chi connectivity index (χ1v) is 10.5. The van der Waals surface area contributed by atoms with E-state index in [2.05, 4.69) is 52.3 Å². The highest BCUT2D eigenvalue weighted by Crippen LogP contribution is 2.35. The van der Waals surface area contributed by atoms with Crippen LogP contribution in [0, 0.1) is 11.6 Å². The molecule has 1 aromatic heterocycles. The number of piperidine rings is 1. The zero-order chi connectivity index (χ0) is 20.5. The molecule has 1 N–H and O–H groups in total. The van der Waals surface area contributed by atoms with E-state index in [1.807, 2.05) is 12.1 Å². The van der Waals surface area contributed by atoms with Gasteiger partial charge in [-0.3, -0.25) is 4.90 Å². The molecule has 0 spiro atoms. The number of H-pyrrole nitrogens is 1. The van der Waals surface area contributed by atoms with E-state index in [1.165, 1.54) is 34.7 Å². The molecule has 2 heterocycles. The van der Waals surface area contributed by atoms with Crippen LogP contribution in [0.15, 0.2) is 72.8 Å². The summed E-state index contributed by atoms with van der Waals surface area (Å²) in [5, 5.41) is 1.23. The number of aromatic nitrogens is 1. The quantitative estimate of drug-likeness (QED) is 0.413. The van der Waals surface area contributed by atoms with Crippen molar-refractivity contribution in [2.24, 2.45) is 0 Å². The lowest BCUT2D eigenvalue weighted by Crippen LogP contribution is -2.33. The fourth-order valence-corrected chi connectivity index (χ4v) is 4.72. The molecule has 0 unspecified atom stereocenters. The Labute approximate surface area is 175 Å². The van der Waals surface area contributed by atoms with Crippen LogP contribution in [0.25, 0.3) is 22.2 Å². The number of para-hydroxylation sites is 1. The first-order chi connectivity index (χ1) is 14.7. The lowest BCUT2D eigenvalue weighted by molar-refractivity contribution is 0.202. The predicted octanol–water partition coefficient (Wildman–Crippen LogP) is 6.49. The fraction of sp³-hybridized carbons (Fsp3) is 0.231. The minimum absolute atomic E-state index is 0.0565. The minimum Gasteiger partial charge on any atom is -0.354 e. The summed E-state index contributed by atoms with van der Waals surface area (Å²) < 4.78 is 28.4. The Morgan fingerprint density at radius 2 is 1.47 bits per heavy atom. The first-order valence-electron chi connectivity index (χ1n) is 10.5. The molecule has 4 aromatic rings. The SMILES string of the molecule is Fc1cccc(F)c1C1CCN(Cc2c(-c3ccccc3)[nH]c3ccccc23)CC1. The summed E-state index contributed by atoms with van der Waals surface area (Å²) in [5.74, 6) is -0.896. The molecule has 0 saturated carbocycles. The van der Waals surface area contributed by atoms with E-state index in [9.17, 15) is 8.78 Å². The summed E-state index contributed by atoms with van der Waals surface area (Å²) in [6.07, 6.45) is 1.53. The summed E-state index contributed by atoms with van der Waals surface area (Å²) in [4.78, 5) is 5.99. The second-order valence-electron chi connectivity index (χ2n) is 8.08. The van der Waals surface area contributed by atoms with Gasteiger partial charge in [-0.1, -0.05) is 54.6 Å². The summed E-state index contributed by atoms with van der Waals surface area (Å²) in [7, 11) is 0. The maximum absolute atomic E-state index is 14.2. The van der Waals surface area contributed by atoms with E-state index in [0.717, 1.165) is 43.7 Å². The van der Waals surface area contributed by atoms with Crippen LogP contribution in [0.1, 0.15) is 29.9 Å². The number of hydrogen-bond acceptors (Lipinski definition) is 1. The molecule has 1 saturated heterocycles. The van der Waals surface area contributed by atoms with Crippen molar-refractivity contribution in [3.05, 3.63) is 95.6 Å². The van der Waals surface area contributed by atoms with E-state index in [4.69, 9.17) is 0 Å². The number of aromatic amines is 1. The van der Waals surface area contributed by atoms with E-state index >= 15 is 0 Å². The smallest absolute Gasteiger partial charge is 0.129 e. The van der Waals surface area contributed by atoms with Gasteiger partial charge in [-0.2, -0.15) is 0 Å². The number of fused-ring (bicyclic) bond motifs is 1. The summed E-state index contributed by atoms with van der Waals surface area (Å²) in [6.45, 7) is 2.47. The predicted molar refractivity (Wildman–Crippen MR) is 117 cm³/mol. The second kappa shape index (κ2) is 8.04. The van der Waals surface area contributed by atoms with E-state index in [0.29, 0.717) is 0 Å². The van der Waals surface area contributed by atoms with Crippen molar-refractivity contribution >= 4 is 10.9 Å². The number of hydrogen-bond donors (Lipinski definition) is 1. The Morgan fingerprint density at radius 1 is 0.800 bits per heavy atom. The zero-order valence-electron chi connectivity index (χ0n) is 16.7. The number of nitrogens with zero attached hydrogens (tertiary/aromatic N) is 1. The Hall–Kier alpha value is -2.98. The van der Waals surface area contributed by atoms with Crippen molar-refractivity contribution in [2.75, 3.05) is 13.1 Å². The molecule has 0 bridgehead atoms. The molecule has 0 amide bonds. The second-order valence-corrected chi connectivity index (χ2v) is 8.08. The van der Waals surface area contributed by atoms with E-state index in [1.54, 1.807) is 0 Å². The molecule has 1 aliphatic heterocycles. The van der Waals surface area contributed by atoms with Crippen molar-refractivity contribution in [3.8, 4) is 11.3 Å². The van der Waals surface area contributed by atoms with Gasteiger partial charge >= 0.3 is 0 Å². The van der Waals surface area contributed by atoms with Crippen molar-refractivity contribution in [1.82, 2.24) is 9.88 Å². The molecule has 5 rings (SSSR count). The molecule has 0 radical (unpaired) electrons. The first kappa shape index (κ1) is 19.0. The number of halogens is 2. The van der Waals surface area contributed by atoms with Gasteiger partial charge < -0.3 is 4.98 Å². The molecule has 1 fully saturated rings. The van der Waals surface area contributed by atoms with Crippen molar-refractivity contribution in [3.63, 3.8) is 0 Å². The number of benzene rings is 3. The standard InChI is InChI=1S/C26H24F2N2/c27-22-10-6-11-23(28)25(22)18-13-15-30(16-14-18)17-21-20-9-4-5-12-24(20)29-26(21)19-7-2-1-3-8-19/h1-12,18,29H,13-17H2. The van der Waals surface area contributed by atoms with Crippen molar-refractivity contribution < 1.29 is 8.78 Å². The lowest BCUT2D eigenvalue weighted by Gasteiger charge is -2.32. The topological polar surface area (TPSA) is 19.0 Å². The third kappa shape index (κ3) is 3.52. The molecular weight excluding hydrogens is 378 g/mol. The molecule has 152 valence electrons. The highest BCUT2D eigenvalue weighted by molar-refractivity contribution is 5.90. The number of likely N-dealkylation sites (tertiary alicyclic amines) is 1. The van der Waals surface area contributed by atoms with Crippen molar-refractivity contribution in [2.45, 2.75) is 25.3 Å². The Bertz CT molecular complexity index is 1140. The van der Waals surface area contributed by atoms with E-state index < -0.39 is 11.6 Å². The van der Waals surface area contributed by atoms with Crippen LogP contribution in [0.4, 0.5) is 8.78 Å². The minimum atomic E-state index is -0.420. The molecule has 3 aromatic carbocycles. The maximum atomic E-state index is 14.2. The van der Waals surface area contributed by atoms with Crippen LogP contribution < -0.4 is 0 Å². The molecule has 30 heavy (non-hydrogen) atoms. The third-order valence-corrected chi connectivity index (χ3v) is 6.25. The van der Waals surface area contributed by atoms with Gasteiger partial charge in [0.15, 0.2) is 0 Å². The largest absolute Gasteiger partial charge is 0.354 e. The molecule has 4 heteroatoms. The average Bonchev–Trinajstić information content (AvgIpc) is 3.14. The van der Waals surface area contributed by atoms with Crippen LogP contribution in [0.5, 0.6) is 0 Å². The van der Waals surface area contributed by atoms with Crippen LogP contribution in [0.2, 0.25) is 0 Å². The lowest BCUT2D eigenvalue weighted by atomic mass is 9.88. The molecule has 1 aliphatic rings. The van der Waals surface area contributed by atoms with Gasteiger partial charge in [-0.15, -0.1) is 0 Å².